The second-order valence-corrected chi connectivity index (χ2v) is 12.3. The van der Waals surface area contributed by atoms with Crippen molar-refractivity contribution >= 4 is 59.6 Å². The molecule has 12 N–H and O–H groups in total. The first-order chi connectivity index (χ1) is 26.5. The number of carbonyl (C=O) groups excluding carboxylic acids is 6. The van der Waals surface area contributed by atoms with Crippen LogP contribution in [-0.2, 0) is 64.5 Å². The molecule has 300 valence electrons. The predicted octanol–water partition coefficient (Wildman–Crippen LogP) is -2.16. The van der Waals surface area contributed by atoms with Gasteiger partial charge < -0.3 is 63.0 Å². The molecule has 0 saturated heterocycles. The van der Waals surface area contributed by atoms with Crippen LogP contribution in [0, 0.1) is 0 Å². The summed E-state index contributed by atoms with van der Waals surface area (Å²) in [5.74, 6) is -9.49. The van der Waals surface area contributed by atoms with E-state index < -0.39 is 109 Å². The molecule has 2 aromatic rings. The number of benzene rings is 2. The molecule has 8 amide bonds. The zero-order valence-corrected chi connectivity index (χ0v) is 29.5. The molecule has 4 heterocycles. The van der Waals surface area contributed by atoms with E-state index in [0.717, 1.165) is 0 Å². The highest BCUT2D eigenvalue weighted by atomic mass is 16.4. The number of hydrogen-bond donors (Lipinski definition) is 12. The zero-order valence-electron chi connectivity index (χ0n) is 29.5. The van der Waals surface area contributed by atoms with Crippen molar-refractivity contribution in [2.45, 2.75) is 76.0 Å². The van der Waals surface area contributed by atoms with E-state index in [0.29, 0.717) is 22.3 Å². The molecule has 4 bridgehead atoms. The molecule has 2 aromatic carbocycles. The Hall–Kier alpha value is -7.26. The molecule has 22 heteroatoms. The summed E-state index contributed by atoms with van der Waals surface area (Å²) in [6.07, 6.45) is -3.46. The molecular formula is C34H40N8O14. The van der Waals surface area contributed by atoms with Crippen LogP contribution >= 0.6 is 0 Å². The van der Waals surface area contributed by atoms with Crippen molar-refractivity contribution in [2.24, 2.45) is 0 Å². The number of rotatable bonds is 8. The summed E-state index contributed by atoms with van der Waals surface area (Å²) in [5.41, 5.74) is 1.95. The van der Waals surface area contributed by atoms with Crippen molar-refractivity contribution in [3.63, 3.8) is 0 Å². The van der Waals surface area contributed by atoms with E-state index in [1.165, 1.54) is 48.5 Å². The smallest absolute Gasteiger partial charge is 0.316 e. The van der Waals surface area contributed by atoms with Crippen LogP contribution in [0.2, 0.25) is 0 Å². The van der Waals surface area contributed by atoms with E-state index in [-0.39, 0.29) is 26.2 Å². The molecule has 4 atom stereocenters. The van der Waals surface area contributed by atoms with Crippen molar-refractivity contribution < 1.29 is 68.4 Å². The molecule has 0 aliphatic carbocycles. The third-order valence-corrected chi connectivity index (χ3v) is 7.92. The van der Waals surface area contributed by atoms with Crippen LogP contribution in [0.5, 0.6) is 0 Å². The molecule has 56 heavy (non-hydrogen) atoms. The van der Waals surface area contributed by atoms with Crippen LogP contribution in [0.25, 0.3) is 0 Å². The first-order valence-corrected chi connectivity index (χ1v) is 16.8. The second kappa shape index (κ2) is 20.8. The molecule has 4 aliphatic heterocycles. The van der Waals surface area contributed by atoms with Crippen LogP contribution in [0.1, 0.15) is 47.9 Å². The predicted molar refractivity (Wildman–Crippen MR) is 188 cm³/mol. The summed E-state index contributed by atoms with van der Waals surface area (Å²) in [6.45, 7) is -0.625. The fourth-order valence-corrected chi connectivity index (χ4v) is 5.05. The van der Waals surface area contributed by atoms with E-state index in [1.807, 2.05) is 0 Å². The zero-order chi connectivity index (χ0) is 41.4. The van der Waals surface area contributed by atoms with Crippen molar-refractivity contribution in [1.82, 2.24) is 42.5 Å². The van der Waals surface area contributed by atoms with Gasteiger partial charge in [0.15, 0.2) is 0 Å². The third kappa shape index (κ3) is 15.0. The highest BCUT2D eigenvalue weighted by Crippen LogP contribution is 2.08. The van der Waals surface area contributed by atoms with Gasteiger partial charge in [0.25, 0.3) is 0 Å². The molecule has 0 fully saturated rings. The molecule has 0 radical (unpaired) electrons. The van der Waals surface area contributed by atoms with Gasteiger partial charge in [0, 0.05) is 26.2 Å². The minimum atomic E-state index is -1.64. The van der Waals surface area contributed by atoms with Gasteiger partial charge in [0.2, 0.25) is 23.6 Å². The minimum Gasteiger partial charge on any atom is -0.481 e. The molecule has 4 aliphatic rings. The van der Waals surface area contributed by atoms with Crippen molar-refractivity contribution in [3.05, 3.63) is 70.8 Å². The first kappa shape index (κ1) is 43.1. The molecule has 0 saturated carbocycles. The molecule has 22 nitrogen and oxygen atoms in total. The molecule has 6 rings (SSSR count). The van der Waals surface area contributed by atoms with Gasteiger partial charge in [-0.3, -0.25) is 38.4 Å². The van der Waals surface area contributed by atoms with Gasteiger partial charge >= 0.3 is 35.9 Å². The molecular weight excluding hydrogens is 744 g/mol. The lowest BCUT2D eigenvalue weighted by atomic mass is 10.1. The second-order valence-electron chi connectivity index (χ2n) is 12.3. The Labute approximate surface area is 317 Å². The Morgan fingerprint density at radius 1 is 0.393 bits per heavy atom. The number of carbonyl (C=O) groups is 10. The lowest BCUT2D eigenvalue weighted by Gasteiger charge is -2.21. The van der Waals surface area contributed by atoms with Gasteiger partial charge in [-0.05, 0) is 22.3 Å². The van der Waals surface area contributed by atoms with Crippen molar-refractivity contribution in [1.29, 1.82) is 0 Å². The summed E-state index contributed by atoms with van der Waals surface area (Å²) >= 11 is 0. The maximum Gasteiger partial charge on any atom is 0.316 e. The quantitative estimate of drug-likeness (QED) is 0.136. The Balaban J connectivity index is 1.87. The van der Waals surface area contributed by atoms with Crippen molar-refractivity contribution in [2.75, 3.05) is 0 Å². The normalized spacial score (nSPS) is 20.6. The van der Waals surface area contributed by atoms with E-state index in [1.54, 1.807) is 0 Å². The lowest BCUT2D eigenvalue weighted by molar-refractivity contribution is -0.140. The number of carboxylic acid groups (broad SMARTS) is 4. The van der Waals surface area contributed by atoms with Crippen LogP contribution in [0.3, 0.4) is 0 Å². The monoisotopic (exact) mass is 784 g/mol. The largest absolute Gasteiger partial charge is 0.481 e. The summed E-state index contributed by atoms with van der Waals surface area (Å²) in [4.78, 5) is 123. The highest BCUT2D eigenvalue weighted by molar-refractivity contribution is 5.94. The standard InChI is InChI=1S/C34H40N8O14/c43-25(44)9-21-29(51)35-13-17-1-2-18(4-3-17)14-36-30(52)22(10-26(45)46)40-34(56)42-24(12-28(49)50)32(54)38-16-20-7-5-19(6-8-20)15-37-31(53)23(11-27(47)48)41-33(55)39-21/h1-8,21-24H,9-16H2,(H,35,51)(H,36,52)(H,37,53)(H,38,54)(H,43,44)(H,45,46)(H,47,48)(H,49,50)(H2,39,41,55)(H2,40,42,56)/t21-,22-,23-,24-/m0/s1. The van der Waals surface area contributed by atoms with E-state index in [9.17, 15) is 68.4 Å². The van der Waals surface area contributed by atoms with Crippen LogP contribution < -0.4 is 42.5 Å². The number of amides is 8. The van der Waals surface area contributed by atoms with Crippen LogP contribution in [0.15, 0.2) is 48.5 Å². The minimum absolute atomic E-state index is 0.156. The summed E-state index contributed by atoms with van der Waals surface area (Å²) in [7, 11) is 0. The number of hydrogen-bond acceptors (Lipinski definition) is 10. The van der Waals surface area contributed by atoms with Gasteiger partial charge in [-0.15, -0.1) is 0 Å². The Morgan fingerprint density at radius 3 is 0.732 bits per heavy atom. The number of nitrogens with one attached hydrogen (secondary N) is 8. The lowest BCUT2D eigenvalue weighted by Crippen LogP contribution is -2.55. The summed E-state index contributed by atoms with van der Waals surface area (Å²) < 4.78 is 0. The Bertz CT molecular complexity index is 1560. The fraction of sp³-hybridized carbons (Fsp3) is 0.353. The van der Waals surface area contributed by atoms with E-state index >= 15 is 0 Å². The van der Waals surface area contributed by atoms with Gasteiger partial charge in [0.1, 0.15) is 24.2 Å². The summed E-state index contributed by atoms with van der Waals surface area (Å²) in [5, 5.41) is 55.8. The van der Waals surface area contributed by atoms with Crippen LogP contribution in [-0.4, -0.2) is 104 Å². The number of aliphatic carboxylic acids is 4. The van der Waals surface area contributed by atoms with Gasteiger partial charge in [0.05, 0.1) is 25.7 Å². The number of carboxylic acids is 4. The topological polar surface area (TPSA) is 348 Å². The molecule has 0 spiro atoms. The fourth-order valence-electron chi connectivity index (χ4n) is 5.05. The summed E-state index contributed by atoms with van der Waals surface area (Å²) in [6, 6.07) is 3.29. The van der Waals surface area contributed by atoms with Crippen molar-refractivity contribution in [3.8, 4) is 0 Å². The van der Waals surface area contributed by atoms with Gasteiger partial charge in [-0.1, -0.05) is 48.5 Å². The van der Waals surface area contributed by atoms with Gasteiger partial charge in [-0.25, -0.2) is 9.59 Å². The Kier molecular flexibility index (Phi) is 16.1. The maximum absolute atomic E-state index is 12.9. The van der Waals surface area contributed by atoms with E-state index in [2.05, 4.69) is 42.5 Å². The third-order valence-electron chi connectivity index (χ3n) is 7.92. The van der Waals surface area contributed by atoms with E-state index in [4.69, 9.17) is 0 Å². The molecule has 0 unspecified atom stereocenters. The van der Waals surface area contributed by atoms with Gasteiger partial charge in [-0.2, -0.15) is 0 Å². The average Bonchev–Trinajstić information content (AvgIpc) is 3.12. The number of urea groups is 2. The van der Waals surface area contributed by atoms with Crippen LogP contribution in [0.4, 0.5) is 9.59 Å². The Morgan fingerprint density at radius 2 is 0.571 bits per heavy atom. The first-order valence-electron chi connectivity index (χ1n) is 16.8. The average molecular weight is 785 g/mol. The SMILES string of the molecule is O=C(O)C[C@@H]1NC(=O)N[C@@H](CC(=O)O)C(=O)NCc2ccc(cc2)CNC(=O)[C@H](CC(=O)O)NC(=O)N[C@@H](CC(=O)O)C(=O)NCc2ccc(cc2)CNC1=O. The maximum atomic E-state index is 12.9. The molecule has 0 aromatic heterocycles. The highest BCUT2D eigenvalue weighted by Gasteiger charge is 2.30.